The number of Topliss-reactive ketones (excluding diaryl/α,β-unsaturated/α-hetero) is 1. The van der Waals surface area contributed by atoms with Gasteiger partial charge in [0.25, 0.3) is 0 Å². The molecule has 3 rings (SSSR count). The minimum absolute atomic E-state index is 0.259. The zero-order valence-corrected chi connectivity index (χ0v) is 16.0. The Morgan fingerprint density at radius 2 is 1.52 bits per heavy atom. The molecule has 0 atom stereocenters. The largest absolute Gasteiger partial charge is 0.488 e. The zero-order chi connectivity index (χ0) is 19.1. The SMILES string of the molecule is O=C(COC(=O)c1cc(Br)ccc1OCc1ccccc1)c1ccccc1. The Balaban J connectivity index is 1.68. The third-order valence-electron chi connectivity index (χ3n) is 3.83. The number of rotatable bonds is 7. The molecule has 4 nitrogen and oxygen atoms in total. The van der Waals surface area contributed by atoms with Crippen LogP contribution in [-0.2, 0) is 11.3 Å². The van der Waals surface area contributed by atoms with Crippen molar-refractivity contribution in [3.63, 3.8) is 0 Å². The van der Waals surface area contributed by atoms with Crippen LogP contribution >= 0.6 is 15.9 Å². The summed E-state index contributed by atoms with van der Waals surface area (Å²) in [5.74, 6) is -0.464. The molecule has 0 aliphatic carbocycles. The Hall–Kier alpha value is -2.92. The summed E-state index contributed by atoms with van der Waals surface area (Å²) in [6.45, 7) is -0.000810. The molecule has 3 aromatic carbocycles. The van der Waals surface area contributed by atoms with E-state index in [4.69, 9.17) is 9.47 Å². The van der Waals surface area contributed by atoms with Crippen molar-refractivity contribution in [2.45, 2.75) is 6.61 Å². The van der Waals surface area contributed by atoms with E-state index in [-0.39, 0.29) is 18.0 Å². The van der Waals surface area contributed by atoms with Gasteiger partial charge >= 0.3 is 5.97 Å². The van der Waals surface area contributed by atoms with E-state index in [9.17, 15) is 9.59 Å². The number of benzene rings is 3. The Bertz CT molecular complexity index is 924. The van der Waals surface area contributed by atoms with Gasteiger partial charge in [-0.3, -0.25) is 4.79 Å². The van der Waals surface area contributed by atoms with E-state index in [1.165, 1.54) is 0 Å². The van der Waals surface area contributed by atoms with E-state index < -0.39 is 5.97 Å². The summed E-state index contributed by atoms with van der Waals surface area (Å²) in [6.07, 6.45) is 0. The number of carbonyl (C=O) groups excluding carboxylic acids is 2. The van der Waals surface area contributed by atoms with Gasteiger partial charge in [0.05, 0.1) is 0 Å². The molecule has 0 radical (unpaired) electrons. The fourth-order valence-corrected chi connectivity index (χ4v) is 2.80. The van der Waals surface area contributed by atoms with Crippen LogP contribution in [0.4, 0.5) is 0 Å². The second-order valence-corrected chi connectivity index (χ2v) is 6.70. The van der Waals surface area contributed by atoms with Crippen molar-refractivity contribution in [3.05, 3.63) is 100 Å². The number of hydrogen-bond donors (Lipinski definition) is 0. The van der Waals surface area contributed by atoms with Gasteiger partial charge in [-0.05, 0) is 23.8 Å². The highest BCUT2D eigenvalue weighted by Gasteiger charge is 2.17. The maximum atomic E-state index is 12.5. The van der Waals surface area contributed by atoms with Crippen LogP contribution in [0.25, 0.3) is 0 Å². The van der Waals surface area contributed by atoms with Gasteiger partial charge in [-0.2, -0.15) is 0 Å². The monoisotopic (exact) mass is 424 g/mol. The average Bonchev–Trinajstić information content (AvgIpc) is 2.72. The molecule has 0 saturated heterocycles. The van der Waals surface area contributed by atoms with Gasteiger partial charge in [-0.1, -0.05) is 76.6 Å². The normalized spacial score (nSPS) is 10.3. The molecule has 0 unspecified atom stereocenters. The summed E-state index contributed by atoms with van der Waals surface area (Å²) >= 11 is 3.35. The van der Waals surface area contributed by atoms with Gasteiger partial charge in [-0.25, -0.2) is 4.79 Å². The lowest BCUT2D eigenvalue weighted by atomic mass is 10.1. The van der Waals surface area contributed by atoms with Gasteiger partial charge in [-0.15, -0.1) is 0 Å². The zero-order valence-electron chi connectivity index (χ0n) is 14.4. The summed E-state index contributed by atoms with van der Waals surface area (Å²) in [5.41, 5.74) is 1.75. The standard InChI is InChI=1S/C22H17BrO4/c23-18-11-12-21(26-14-16-7-3-1-4-8-16)19(13-18)22(25)27-15-20(24)17-9-5-2-6-10-17/h1-13H,14-15H2. The van der Waals surface area contributed by atoms with Crippen molar-refractivity contribution in [2.24, 2.45) is 0 Å². The molecule has 0 spiro atoms. The van der Waals surface area contributed by atoms with Crippen LogP contribution in [0.2, 0.25) is 0 Å². The lowest BCUT2D eigenvalue weighted by Crippen LogP contribution is -2.15. The van der Waals surface area contributed by atoms with Crippen LogP contribution in [0, 0.1) is 0 Å². The van der Waals surface area contributed by atoms with Gasteiger partial charge in [0.15, 0.2) is 12.4 Å². The molecule has 0 aliphatic heterocycles. The van der Waals surface area contributed by atoms with Gasteiger partial charge in [0, 0.05) is 10.0 Å². The predicted octanol–water partition coefficient (Wildman–Crippen LogP) is 5.07. The third-order valence-corrected chi connectivity index (χ3v) is 4.32. The second-order valence-electron chi connectivity index (χ2n) is 5.78. The number of carbonyl (C=O) groups is 2. The number of halogens is 1. The molecule has 0 bridgehead atoms. The van der Waals surface area contributed by atoms with E-state index in [2.05, 4.69) is 15.9 Å². The Kier molecular flexibility index (Phi) is 6.39. The first-order valence-corrected chi connectivity index (χ1v) is 9.14. The van der Waals surface area contributed by atoms with E-state index >= 15 is 0 Å². The van der Waals surface area contributed by atoms with Crippen molar-refractivity contribution in [2.75, 3.05) is 6.61 Å². The van der Waals surface area contributed by atoms with Gasteiger partial charge in [0.2, 0.25) is 0 Å². The van der Waals surface area contributed by atoms with E-state index in [1.807, 2.05) is 36.4 Å². The first-order chi connectivity index (χ1) is 13.1. The number of ether oxygens (including phenoxy) is 2. The summed E-state index contributed by atoms with van der Waals surface area (Å²) in [4.78, 5) is 24.6. The highest BCUT2D eigenvalue weighted by Crippen LogP contribution is 2.25. The van der Waals surface area contributed by atoms with Crippen LogP contribution in [0.5, 0.6) is 5.75 Å². The predicted molar refractivity (Wildman–Crippen MR) is 106 cm³/mol. The van der Waals surface area contributed by atoms with E-state index in [0.29, 0.717) is 17.9 Å². The van der Waals surface area contributed by atoms with Crippen molar-refractivity contribution in [3.8, 4) is 5.75 Å². The fourth-order valence-electron chi connectivity index (χ4n) is 2.44. The van der Waals surface area contributed by atoms with Crippen molar-refractivity contribution < 1.29 is 19.1 Å². The molecule has 27 heavy (non-hydrogen) atoms. The molecule has 3 aromatic rings. The lowest BCUT2D eigenvalue weighted by molar-refractivity contribution is 0.0470. The third kappa shape index (κ3) is 5.28. The Labute approximate surface area is 165 Å². The maximum Gasteiger partial charge on any atom is 0.342 e. The van der Waals surface area contributed by atoms with Crippen LogP contribution in [0.15, 0.2) is 83.3 Å². The smallest absolute Gasteiger partial charge is 0.342 e. The molecule has 136 valence electrons. The second kappa shape index (κ2) is 9.14. The first-order valence-electron chi connectivity index (χ1n) is 8.35. The summed E-state index contributed by atoms with van der Waals surface area (Å²) in [7, 11) is 0. The highest BCUT2D eigenvalue weighted by atomic mass is 79.9. The van der Waals surface area contributed by atoms with Crippen LogP contribution in [0.1, 0.15) is 26.3 Å². The fraction of sp³-hybridized carbons (Fsp3) is 0.0909. The molecule has 0 aliphatic rings. The van der Waals surface area contributed by atoms with Gasteiger partial charge in [0.1, 0.15) is 17.9 Å². The van der Waals surface area contributed by atoms with Crippen molar-refractivity contribution in [1.82, 2.24) is 0 Å². The van der Waals surface area contributed by atoms with Crippen LogP contribution in [-0.4, -0.2) is 18.4 Å². The van der Waals surface area contributed by atoms with Crippen LogP contribution < -0.4 is 4.74 Å². The maximum absolute atomic E-state index is 12.5. The average molecular weight is 425 g/mol. The Morgan fingerprint density at radius 1 is 0.852 bits per heavy atom. The molecule has 0 heterocycles. The van der Waals surface area contributed by atoms with E-state index in [0.717, 1.165) is 10.0 Å². The molecule has 0 aromatic heterocycles. The quantitative estimate of drug-likeness (QED) is 0.392. The number of hydrogen-bond acceptors (Lipinski definition) is 4. The van der Waals surface area contributed by atoms with Crippen LogP contribution in [0.3, 0.4) is 0 Å². The minimum atomic E-state index is -0.608. The topological polar surface area (TPSA) is 52.6 Å². The molecule has 0 fully saturated rings. The molecule has 0 amide bonds. The minimum Gasteiger partial charge on any atom is -0.488 e. The van der Waals surface area contributed by atoms with E-state index in [1.54, 1.807) is 42.5 Å². The van der Waals surface area contributed by atoms with Crippen molar-refractivity contribution in [1.29, 1.82) is 0 Å². The first kappa shape index (κ1) is 18.9. The molecule has 0 N–H and O–H groups in total. The molecule has 0 saturated carbocycles. The summed E-state index contributed by atoms with van der Waals surface area (Å²) in [6, 6.07) is 23.5. The van der Waals surface area contributed by atoms with Gasteiger partial charge < -0.3 is 9.47 Å². The Morgan fingerprint density at radius 3 is 2.22 bits per heavy atom. The summed E-state index contributed by atoms with van der Waals surface area (Å²) < 4.78 is 11.7. The lowest BCUT2D eigenvalue weighted by Gasteiger charge is -2.12. The molecular weight excluding hydrogens is 408 g/mol. The summed E-state index contributed by atoms with van der Waals surface area (Å²) in [5, 5.41) is 0. The highest BCUT2D eigenvalue weighted by molar-refractivity contribution is 9.10. The number of esters is 1. The number of ketones is 1. The van der Waals surface area contributed by atoms with Crippen molar-refractivity contribution >= 4 is 27.7 Å². The molecule has 5 heteroatoms. The molecular formula is C22H17BrO4.